The summed E-state index contributed by atoms with van der Waals surface area (Å²) in [7, 11) is 1.47. The van der Waals surface area contributed by atoms with E-state index in [1.54, 1.807) is 0 Å². The van der Waals surface area contributed by atoms with Crippen LogP contribution >= 0.6 is 0 Å². The van der Waals surface area contributed by atoms with Crippen molar-refractivity contribution in [3.05, 3.63) is 64.5 Å². The third-order valence-electron chi connectivity index (χ3n) is 3.11. The van der Waals surface area contributed by atoms with Crippen LogP contribution in [0.4, 0.5) is 4.39 Å². The normalized spacial score (nSPS) is 10.4. The first-order chi connectivity index (χ1) is 9.49. The number of aryl methyl sites for hydroxylation is 2. The quantitative estimate of drug-likeness (QED) is 0.790. The molecule has 0 saturated carbocycles. The monoisotopic (exact) mass is 272 g/mol. The van der Waals surface area contributed by atoms with Crippen molar-refractivity contribution in [2.75, 3.05) is 7.11 Å². The standard InChI is InChI=1S/C17H17FO2/c1-11-6-12(2)8-13(7-11)9-16(19)15-10-14(18)4-5-17(15)20-3/h4-8,10H,9H2,1-3H3. The minimum Gasteiger partial charge on any atom is -0.496 e. The molecule has 2 rings (SSSR count). The summed E-state index contributed by atoms with van der Waals surface area (Å²) in [6, 6.07) is 9.98. The van der Waals surface area contributed by atoms with Gasteiger partial charge < -0.3 is 4.74 Å². The number of carbonyl (C=O) groups excluding carboxylic acids is 1. The number of halogens is 1. The molecule has 0 radical (unpaired) electrons. The molecule has 0 heterocycles. The Morgan fingerprint density at radius 1 is 1.10 bits per heavy atom. The van der Waals surface area contributed by atoms with Crippen molar-refractivity contribution in [2.24, 2.45) is 0 Å². The van der Waals surface area contributed by atoms with Crippen molar-refractivity contribution in [1.82, 2.24) is 0 Å². The Balaban J connectivity index is 2.30. The Hall–Kier alpha value is -2.16. The van der Waals surface area contributed by atoms with Crippen molar-refractivity contribution >= 4 is 5.78 Å². The van der Waals surface area contributed by atoms with Crippen LogP contribution in [-0.4, -0.2) is 12.9 Å². The summed E-state index contributed by atoms with van der Waals surface area (Å²) in [6.07, 6.45) is 0.238. The lowest BCUT2D eigenvalue weighted by atomic mass is 9.99. The molecule has 0 spiro atoms. The van der Waals surface area contributed by atoms with Crippen molar-refractivity contribution in [3.63, 3.8) is 0 Å². The van der Waals surface area contributed by atoms with Crippen molar-refractivity contribution < 1.29 is 13.9 Å². The lowest BCUT2D eigenvalue weighted by molar-refractivity contribution is 0.0989. The molecule has 0 bridgehead atoms. The van der Waals surface area contributed by atoms with E-state index in [-0.39, 0.29) is 17.8 Å². The maximum atomic E-state index is 13.3. The van der Waals surface area contributed by atoms with E-state index in [1.165, 1.54) is 25.3 Å². The van der Waals surface area contributed by atoms with Gasteiger partial charge in [0.1, 0.15) is 11.6 Å². The highest BCUT2D eigenvalue weighted by Crippen LogP contribution is 2.22. The number of ether oxygens (including phenoxy) is 1. The Labute approximate surface area is 118 Å². The van der Waals surface area contributed by atoms with Gasteiger partial charge in [-0.25, -0.2) is 4.39 Å². The van der Waals surface area contributed by atoms with Gasteiger partial charge in [0, 0.05) is 6.42 Å². The zero-order chi connectivity index (χ0) is 14.7. The highest BCUT2D eigenvalue weighted by molar-refractivity contribution is 6.00. The molecule has 0 aliphatic heterocycles. The van der Waals surface area contributed by atoms with Crippen LogP contribution in [0.2, 0.25) is 0 Å². The first-order valence-corrected chi connectivity index (χ1v) is 6.43. The second kappa shape index (κ2) is 5.87. The van der Waals surface area contributed by atoms with Crippen molar-refractivity contribution in [1.29, 1.82) is 0 Å². The van der Waals surface area contributed by atoms with Crippen molar-refractivity contribution in [3.8, 4) is 5.75 Å². The fourth-order valence-corrected chi connectivity index (χ4v) is 2.35. The molecule has 0 aliphatic rings. The molecule has 0 amide bonds. The fourth-order valence-electron chi connectivity index (χ4n) is 2.35. The van der Waals surface area contributed by atoms with E-state index in [4.69, 9.17) is 4.74 Å². The molecule has 0 aliphatic carbocycles. The van der Waals surface area contributed by atoms with Crippen LogP contribution < -0.4 is 4.74 Å². The molecule has 0 atom stereocenters. The smallest absolute Gasteiger partial charge is 0.171 e. The van der Waals surface area contributed by atoms with Crippen molar-refractivity contribution in [2.45, 2.75) is 20.3 Å². The molecule has 0 fully saturated rings. The van der Waals surface area contributed by atoms with Crippen LogP contribution in [0, 0.1) is 19.7 Å². The number of ketones is 1. The van der Waals surface area contributed by atoms with Crippen LogP contribution in [0.3, 0.4) is 0 Å². The number of hydrogen-bond acceptors (Lipinski definition) is 2. The van der Waals surface area contributed by atoms with Gasteiger partial charge in [0.2, 0.25) is 0 Å². The van der Waals surface area contributed by atoms with Gasteiger partial charge in [-0.2, -0.15) is 0 Å². The minimum atomic E-state index is -0.436. The zero-order valence-corrected chi connectivity index (χ0v) is 11.9. The molecular weight excluding hydrogens is 255 g/mol. The van der Waals surface area contributed by atoms with Crippen LogP contribution in [0.25, 0.3) is 0 Å². The van der Waals surface area contributed by atoms with Crippen LogP contribution in [-0.2, 0) is 6.42 Å². The summed E-state index contributed by atoms with van der Waals surface area (Å²) in [5, 5.41) is 0. The maximum absolute atomic E-state index is 13.3. The number of benzene rings is 2. The Morgan fingerprint density at radius 3 is 2.35 bits per heavy atom. The van der Waals surface area contributed by atoms with Gasteiger partial charge >= 0.3 is 0 Å². The molecule has 20 heavy (non-hydrogen) atoms. The molecule has 0 aromatic heterocycles. The van der Waals surface area contributed by atoms with Gasteiger partial charge in [0.05, 0.1) is 12.7 Å². The summed E-state index contributed by atoms with van der Waals surface area (Å²) >= 11 is 0. The third-order valence-corrected chi connectivity index (χ3v) is 3.11. The predicted molar refractivity (Wildman–Crippen MR) is 76.9 cm³/mol. The Bertz CT molecular complexity index is 627. The molecule has 2 aromatic rings. The van der Waals surface area contributed by atoms with E-state index in [0.29, 0.717) is 5.75 Å². The second-order valence-electron chi connectivity index (χ2n) is 4.94. The van der Waals surface area contributed by atoms with Crippen LogP contribution in [0.1, 0.15) is 27.0 Å². The second-order valence-corrected chi connectivity index (χ2v) is 4.94. The van der Waals surface area contributed by atoms with E-state index in [2.05, 4.69) is 6.07 Å². The third kappa shape index (κ3) is 3.23. The Kier molecular flexibility index (Phi) is 4.18. The summed E-state index contributed by atoms with van der Waals surface area (Å²) in [6.45, 7) is 3.98. The summed E-state index contributed by atoms with van der Waals surface area (Å²) in [4.78, 5) is 12.3. The average Bonchev–Trinajstić information content (AvgIpc) is 2.37. The summed E-state index contributed by atoms with van der Waals surface area (Å²) in [5.74, 6) is -0.179. The molecule has 0 saturated heterocycles. The topological polar surface area (TPSA) is 26.3 Å². The van der Waals surface area contributed by atoms with Gasteiger partial charge in [-0.3, -0.25) is 4.79 Å². The largest absolute Gasteiger partial charge is 0.496 e. The van der Waals surface area contributed by atoms with Gasteiger partial charge in [-0.15, -0.1) is 0 Å². The van der Waals surface area contributed by atoms with Gasteiger partial charge in [-0.1, -0.05) is 29.3 Å². The van der Waals surface area contributed by atoms with E-state index < -0.39 is 5.82 Å². The van der Waals surface area contributed by atoms with Gasteiger partial charge in [0.15, 0.2) is 5.78 Å². The van der Waals surface area contributed by atoms with Crippen LogP contribution in [0.15, 0.2) is 36.4 Å². The molecule has 0 unspecified atom stereocenters. The lowest BCUT2D eigenvalue weighted by Gasteiger charge is -2.09. The molecular formula is C17H17FO2. The van der Waals surface area contributed by atoms with E-state index in [0.717, 1.165) is 16.7 Å². The highest BCUT2D eigenvalue weighted by atomic mass is 19.1. The molecule has 2 aromatic carbocycles. The number of Topliss-reactive ketones (excluding diaryl/α,β-unsaturated/α-hetero) is 1. The molecule has 0 N–H and O–H groups in total. The number of rotatable bonds is 4. The summed E-state index contributed by atoms with van der Waals surface area (Å²) < 4.78 is 18.4. The van der Waals surface area contributed by atoms with E-state index >= 15 is 0 Å². The number of methoxy groups -OCH3 is 1. The highest BCUT2D eigenvalue weighted by Gasteiger charge is 2.14. The SMILES string of the molecule is COc1ccc(F)cc1C(=O)Cc1cc(C)cc(C)c1. The minimum absolute atomic E-state index is 0.147. The maximum Gasteiger partial charge on any atom is 0.171 e. The molecule has 2 nitrogen and oxygen atoms in total. The zero-order valence-electron chi connectivity index (χ0n) is 11.9. The predicted octanol–water partition coefficient (Wildman–Crippen LogP) is 3.88. The van der Waals surface area contributed by atoms with Crippen LogP contribution in [0.5, 0.6) is 5.75 Å². The molecule has 104 valence electrons. The van der Waals surface area contributed by atoms with Gasteiger partial charge in [0.25, 0.3) is 0 Å². The summed E-state index contributed by atoms with van der Waals surface area (Å²) in [5.41, 5.74) is 3.43. The van der Waals surface area contributed by atoms with E-state index in [1.807, 2.05) is 26.0 Å². The lowest BCUT2D eigenvalue weighted by Crippen LogP contribution is -2.06. The van der Waals surface area contributed by atoms with E-state index in [9.17, 15) is 9.18 Å². The fraction of sp³-hybridized carbons (Fsp3) is 0.235. The number of carbonyl (C=O) groups is 1. The number of hydrogen-bond donors (Lipinski definition) is 0. The average molecular weight is 272 g/mol. The first kappa shape index (κ1) is 14.3. The van der Waals surface area contributed by atoms with Gasteiger partial charge in [-0.05, 0) is 37.6 Å². The Morgan fingerprint density at radius 2 is 1.75 bits per heavy atom. The first-order valence-electron chi connectivity index (χ1n) is 6.43. The molecule has 3 heteroatoms.